The molecule has 23 heavy (non-hydrogen) atoms. The Hall–Kier alpha value is -1.52. The van der Waals surface area contributed by atoms with E-state index in [1.807, 2.05) is 4.57 Å². The highest BCUT2D eigenvalue weighted by Crippen LogP contribution is 2.19. The molecule has 0 saturated carbocycles. The minimum atomic E-state index is 0.0217. The molecule has 0 radical (unpaired) electrons. The summed E-state index contributed by atoms with van der Waals surface area (Å²) >= 11 is 5.96. The van der Waals surface area contributed by atoms with Crippen LogP contribution in [0.2, 0.25) is 5.15 Å². The van der Waals surface area contributed by atoms with Crippen LogP contribution in [-0.4, -0.2) is 70.9 Å². The summed E-state index contributed by atoms with van der Waals surface area (Å²) in [6, 6.07) is 0. The second-order valence-electron chi connectivity index (χ2n) is 4.54. The summed E-state index contributed by atoms with van der Waals surface area (Å²) in [7, 11) is 0. The molecule has 10 heteroatoms. The minimum absolute atomic E-state index is 0.0217. The topological polar surface area (TPSA) is 118 Å². The highest BCUT2D eigenvalue weighted by atomic mass is 35.5. The summed E-state index contributed by atoms with van der Waals surface area (Å²) in [4.78, 5) is 12.1. The van der Waals surface area contributed by atoms with Gasteiger partial charge in [0.25, 0.3) is 0 Å². The lowest BCUT2D eigenvalue weighted by molar-refractivity contribution is 0.00671. The largest absolute Gasteiger partial charge is 0.394 e. The normalized spacial score (nSPS) is 11.4. The number of halogens is 1. The van der Waals surface area contributed by atoms with Crippen LogP contribution in [0.4, 0.5) is 5.95 Å². The first kappa shape index (κ1) is 17.8. The standard InChI is InChI=1S/C13H20ClN5O4/c14-11-10-12(18-13(15)17-11)19(9-16-10)1-3-21-5-7-23-8-6-22-4-2-20/h9,20H,1-8H2,(H2,15,17,18). The van der Waals surface area contributed by atoms with E-state index in [0.717, 1.165) is 0 Å². The van der Waals surface area contributed by atoms with Crippen molar-refractivity contribution in [3.8, 4) is 0 Å². The average molecular weight is 346 g/mol. The van der Waals surface area contributed by atoms with Gasteiger partial charge in [-0.3, -0.25) is 0 Å². The predicted octanol–water partition coefficient (Wildman–Crippen LogP) is 0.104. The Morgan fingerprint density at radius 2 is 1.70 bits per heavy atom. The predicted molar refractivity (Wildman–Crippen MR) is 84.3 cm³/mol. The lowest BCUT2D eigenvalue weighted by atomic mass is 10.5. The molecule has 0 aliphatic carbocycles. The summed E-state index contributed by atoms with van der Waals surface area (Å²) in [5.74, 6) is 0.113. The Labute approximate surface area is 138 Å². The molecule has 0 spiro atoms. The van der Waals surface area contributed by atoms with Crippen molar-refractivity contribution in [3.63, 3.8) is 0 Å². The van der Waals surface area contributed by atoms with Crippen LogP contribution >= 0.6 is 11.6 Å². The number of hydrogen-bond acceptors (Lipinski definition) is 8. The number of nitrogens with zero attached hydrogens (tertiary/aromatic N) is 4. The molecule has 2 aromatic rings. The van der Waals surface area contributed by atoms with Gasteiger partial charge in [-0.2, -0.15) is 9.97 Å². The Kier molecular flexibility index (Phi) is 7.43. The van der Waals surface area contributed by atoms with Crippen molar-refractivity contribution in [2.24, 2.45) is 0 Å². The van der Waals surface area contributed by atoms with Crippen molar-refractivity contribution >= 4 is 28.7 Å². The van der Waals surface area contributed by atoms with Gasteiger partial charge in [0.05, 0.1) is 52.6 Å². The molecule has 0 unspecified atom stereocenters. The summed E-state index contributed by atoms with van der Waals surface area (Å²) in [6.07, 6.45) is 1.63. The number of fused-ring (bicyclic) bond motifs is 1. The third kappa shape index (κ3) is 5.56. The number of nitrogens with two attached hydrogens (primary N) is 1. The van der Waals surface area contributed by atoms with E-state index in [4.69, 9.17) is 36.7 Å². The van der Waals surface area contributed by atoms with E-state index in [0.29, 0.717) is 57.3 Å². The number of imidazole rings is 1. The molecule has 2 rings (SSSR count). The smallest absolute Gasteiger partial charge is 0.223 e. The fourth-order valence-corrected chi connectivity index (χ4v) is 2.08. The second kappa shape index (κ2) is 9.58. The maximum Gasteiger partial charge on any atom is 0.223 e. The van der Waals surface area contributed by atoms with Gasteiger partial charge in [0, 0.05) is 6.54 Å². The second-order valence-corrected chi connectivity index (χ2v) is 4.90. The summed E-state index contributed by atoms with van der Waals surface area (Å²) in [5.41, 5.74) is 6.69. The molecule has 0 bridgehead atoms. The molecular weight excluding hydrogens is 326 g/mol. The van der Waals surface area contributed by atoms with Crippen LogP contribution in [0.3, 0.4) is 0 Å². The van der Waals surface area contributed by atoms with Crippen molar-refractivity contribution in [1.82, 2.24) is 19.5 Å². The molecule has 0 saturated heterocycles. The molecule has 0 aliphatic heterocycles. The third-order valence-corrected chi connectivity index (χ3v) is 3.16. The Bertz CT molecular complexity index is 609. The van der Waals surface area contributed by atoms with Gasteiger partial charge in [-0.1, -0.05) is 11.6 Å². The van der Waals surface area contributed by atoms with Crippen molar-refractivity contribution in [2.45, 2.75) is 6.54 Å². The van der Waals surface area contributed by atoms with E-state index in [1.54, 1.807) is 6.33 Å². The lowest BCUT2D eigenvalue weighted by Gasteiger charge is -2.07. The lowest BCUT2D eigenvalue weighted by Crippen LogP contribution is -2.13. The van der Waals surface area contributed by atoms with Crippen molar-refractivity contribution in [1.29, 1.82) is 0 Å². The molecule has 0 atom stereocenters. The fraction of sp³-hybridized carbons (Fsp3) is 0.615. The van der Waals surface area contributed by atoms with Crippen LogP contribution in [0.5, 0.6) is 0 Å². The van der Waals surface area contributed by atoms with Gasteiger partial charge in [0.15, 0.2) is 10.8 Å². The van der Waals surface area contributed by atoms with E-state index in [-0.39, 0.29) is 17.7 Å². The average Bonchev–Trinajstić information content (AvgIpc) is 2.92. The Morgan fingerprint density at radius 1 is 1.04 bits per heavy atom. The van der Waals surface area contributed by atoms with E-state index in [9.17, 15) is 0 Å². The highest BCUT2D eigenvalue weighted by molar-refractivity contribution is 6.33. The number of aliphatic hydroxyl groups excluding tert-OH is 1. The molecule has 9 nitrogen and oxygen atoms in total. The molecule has 0 aromatic carbocycles. The van der Waals surface area contributed by atoms with Crippen LogP contribution < -0.4 is 5.73 Å². The van der Waals surface area contributed by atoms with Crippen molar-refractivity contribution < 1.29 is 19.3 Å². The van der Waals surface area contributed by atoms with Gasteiger partial charge in [-0.05, 0) is 0 Å². The number of ether oxygens (including phenoxy) is 3. The maximum atomic E-state index is 8.53. The van der Waals surface area contributed by atoms with Crippen LogP contribution in [0, 0.1) is 0 Å². The Morgan fingerprint density at radius 3 is 2.39 bits per heavy atom. The van der Waals surface area contributed by atoms with Crippen molar-refractivity contribution in [3.05, 3.63) is 11.5 Å². The van der Waals surface area contributed by atoms with E-state index >= 15 is 0 Å². The van der Waals surface area contributed by atoms with Crippen LogP contribution in [0.1, 0.15) is 0 Å². The number of anilines is 1. The summed E-state index contributed by atoms with van der Waals surface area (Å²) < 4.78 is 17.7. The molecule has 128 valence electrons. The molecule has 3 N–H and O–H groups in total. The SMILES string of the molecule is Nc1nc(Cl)c2ncn(CCOCCOCCOCCO)c2n1. The van der Waals surface area contributed by atoms with Gasteiger partial charge in [-0.15, -0.1) is 0 Å². The van der Waals surface area contributed by atoms with Gasteiger partial charge in [-0.25, -0.2) is 4.98 Å². The third-order valence-electron chi connectivity index (χ3n) is 2.89. The molecule has 2 heterocycles. The summed E-state index contributed by atoms with van der Waals surface area (Å²) in [5, 5.41) is 8.77. The van der Waals surface area contributed by atoms with Gasteiger partial charge in [0.2, 0.25) is 5.95 Å². The van der Waals surface area contributed by atoms with Crippen LogP contribution in [-0.2, 0) is 20.8 Å². The minimum Gasteiger partial charge on any atom is -0.394 e. The van der Waals surface area contributed by atoms with E-state index < -0.39 is 0 Å². The van der Waals surface area contributed by atoms with E-state index in [2.05, 4.69) is 15.0 Å². The number of nitrogen functional groups attached to an aromatic ring is 1. The number of hydrogen-bond donors (Lipinski definition) is 2. The summed E-state index contributed by atoms with van der Waals surface area (Å²) in [6.45, 7) is 3.30. The van der Waals surface area contributed by atoms with Gasteiger partial charge in [0.1, 0.15) is 5.52 Å². The van der Waals surface area contributed by atoms with Gasteiger partial charge >= 0.3 is 0 Å². The molecule has 2 aromatic heterocycles. The molecule has 0 fully saturated rings. The number of aromatic nitrogens is 4. The first-order chi connectivity index (χ1) is 11.2. The van der Waals surface area contributed by atoms with E-state index in [1.165, 1.54) is 0 Å². The first-order valence-electron chi connectivity index (χ1n) is 7.20. The van der Waals surface area contributed by atoms with Crippen LogP contribution in [0.15, 0.2) is 6.33 Å². The number of aliphatic hydroxyl groups is 1. The van der Waals surface area contributed by atoms with Crippen molar-refractivity contribution in [2.75, 3.05) is 52.0 Å². The highest BCUT2D eigenvalue weighted by Gasteiger charge is 2.10. The zero-order valence-electron chi connectivity index (χ0n) is 12.7. The monoisotopic (exact) mass is 345 g/mol. The van der Waals surface area contributed by atoms with Crippen LogP contribution in [0.25, 0.3) is 11.2 Å². The quantitative estimate of drug-likeness (QED) is 0.435. The molecular formula is C13H20ClN5O4. The Balaban J connectivity index is 1.64. The van der Waals surface area contributed by atoms with Gasteiger partial charge < -0.3 is 29.6 Å². The maximum absolute atomic E-state index is 8.53. The first-order valence-corrected chi connectivity index (χ1v) is 7.58. The number of rotatable bonds is 11. The zero-order valence-corrected chi connectivity index (χ0v) is 13.4. The fourth-order valence-electron chi connectivity index (χ4n) is 1.86. The zero-order chi connectivity index (χ0) is 16.5. The molecule has 0 amide bonds. The molecule has 0 aliphatic rings.